The minimum Gasteiger partial charge on any atom is -0.406 e. The quantitative estimate of drug-likeness (QED) is 0.733. The Labute approximate surface area is 135 Å². The van der Waals surface area contributed by atoms with Crippen LogP contribution >= 0.6 is 12.4 Å². The Hall–Kier alpha value is -1.61. The van der Waals surface area contributed by atoms with Crippen LogP contribution in [0.25, 0.3) is 0 Å². The summed E-state index contributed by atoms with van der Waals surface area (Å²) in [4.78, 5) is 11.4. The lowest BCUT2D eigenvalue weighted by Gasteiger charge is -2.14. The number of halogens is 6. The third-order valence-corrected chi connectivity index (χ3v) is 2.64. The smallest absolute Gasteiger partial charge is 0.406 e. The summed E-state index contributed by atoms with van der Waals surface area (Å²) in [6.07, 6.45) is -4.64. The molecule has 10 heteroatoms. The Kier molecular flexibility index (Phi) is 8.25. The van der Waals surface area contributed by atoms with Crippen molar-refractivity contribution in [3.63, 3.8) is 0 Å². The average molecular weight is 363 g/mol. The van der Waals surface area contributed by atoms with Crippen LogP contribution in [0, 0.1) is 0 Å². The first-order valence-electron chi connectivity index (χ1n) is 6.30. The van der Waals surface area contributed by atoms with E-state index in [4.69, 9.17) is 5.73 Å². The first-order valence-corrected chi connectivity index (χ1v) is 6.30. The molecule has 0 radical (unpaired) electrons. The van der Waals surface area contributed by atoms with Crippen LogP contribution in [0.5, 0.6) is 5.75 Å². The summed E-state index contributed by atoms with van der Waals surface area (Å²) in [5.74, 6) is -4.13. The number of aryl methyl sites for hydroxylation is 1. The van der Waals surface area contributed by atoms with Gasteiger partial charge in [0.05, 0.1) is 13.1 Å². The highest BCUT2D eigenvalue weighted by atomic mass is 35.5. The number of carbonyl (C=O) groups is 1. The first kappa shape index (κ1) is 21.4. The minimum atomic E-state index is -4.77. The molecule has 0 aliphatic heterocycles. The lowest BCUT2D eigenvalue weighted by molar-refractivity contribution is -0.274. The number of hydrogen-bond donors (Lipinski definition) is 2. The number of benzene rings is 1. The van der Waals surface area contributed by atoms with Crippen LogP contribution in [-0.2, 0) is 11.2 Å². The third kappa shape index (κ3) is 9.19. The Morgan fingerprint density at radius 3 is 2.17 bits per heavy atom. The lowest BCUT2D eigenvalue weighted by atomic mass is 10.1. The van der Waals surface area contributed by atoms with Crippen molar-refractivity contribution in [3.8, 4) is 5.75 Å². The Balaban J connectivity index is 0.00000484. The molecule has 0 aromatic heterocycles. The van der Waals surface area contributed by atoms with Gasteiger partial charge in [-0.3, -0.25) is 4.79 Å². The van der Waals surface area contributed by atoms with E-state index >= 15 is 0 Å². The molecule has 1 rings (SSSR count). The highest BCUT2D eigenvalue weighted by molar-refractivity contribution is 5.85. The van der Waals surface area contributed by atoms with Crippen molar-refractivity contribution in [2.24, 2.45) is 5.73 Å². The summed E-state index contributed by atoms with van der Waals surface area (Å²) < 4.78 is 65.2. The summed E-state index contributed by atoms with van der Waals surface area (Å²) in [6, 6.07) is 4.96. The molecule has 0 atom stereocenters. The van der Waals surface area contributed by atoms with Crippen molar-refractivity contribution in [1.82, 2.24) is 5.32 Å². The molecule has 23 heavy (non-hydrogen) atoms. The predicted octanol–water partition coefficient (Wildman–Crippen LogP) is 2.65. The molecule has 1 amide bonds. The number of alkyl halides is 5. The van der Waals surface area contributed by atoms with E-state index in [2.05, 4.69) is 4.74 Å². The third-order valence-electron chi connectivity index (χ3n) is 2.64. The molecule has 4 nitrogen and oxygen atoms in total. The molecule has 0 heterocycles. The fourth-order valence-electron chi connectivity index (χ4n) is 1.50. The van der Waals surface area contributed by atoms with Crippen LogP contribution in [0.15, 0.2) is 24.3 Å². The molecular formula is C13H16ClF5N2O2. The molecule has 0 fully saturated rings. The van der Waals surface area contributed by atoms with Crippen LogP contribution < -0.4 is 15.8 Å². The van der Waals surface area contributed by atoms with E-state index in [1.54, 1.807) is 0 Å². The van der Waals surface area contributed by atoms with Gasteiger partial charge in [0, 0.05) is 6.42 Å². The van der Waals surface area contributed by atoms with Crippen molar-refractivity contribution in [2.45, 2.75) is 25.1 Å². The fraction of sp³-hybridized carbons (Fsp3) is 0.462. The van der Waals surface area contributed by atoms with Crippen molar-refractivity contribution < 1.29 is 31.5 Å². The van der Waals surface area contributed by atoms with E-state index < -0.39 is 31.3 Å². The molecule has 0 bridgehead atoms. The normalized spacial score (nSPS) is 11.6. The Morgan fingerprint density at radius 2 is 1.70 bits per heavy atom. The van der Waals surface area contributed by atoms with E-state index in [1.807, 2.05) is 5.32 Å². The highest BCUT2D eigenvalue weighted by Gasteiger charge is 2.31. The molecule has 0 spiro atoms. The van der Waals surface area contributed by atoms with E-state index in [1.165, 1.54) is 12.1 Å². The zero-order valence-electron chi connectivity index (χ0n) is 11.8. The number of amides is 1. The standard InChI is InChI=1S/C13H15F5N2O2.ClH/c14-12(15,7-19)8-20-11(21)6-3-9-1-4-10(5-2-9)22-13(16,17)18;/h1-2,4-5H,3,6-8,19H2,(H,20,21);1H. The van der Waals surface area contributed by atoms with Gasteiger partial charge in [-0.15, -0.1) is 25.6 Å². The van der Waals surface area contributed by atoms with E-state index in [0.717, 1.165) is 12.1 Å². The molecule has 0 aliphatic rings. The van der Waals surface area contributed by atoms with Crippen LogP contribution in [0.2, 0.25) is 0 Å². The van der Waals surface area contributed by atoms with Gasteiger partial charge in [0.2, 0.25) is 5.91 Å². The van der Waals surface area contributed by atoms with Gasteiger partial charge in [-0.2, -0.15) is 0 Å². The maximum atomic E-state index is 12.8. The van der Waals surface area contributed by atoms with E-state index in [9.17, 15) is 26.7 Å². The zero-order valence-corrected chi connectivity index (χ0v) is 12.6. The monoisotopic (exact) mass is 362 g/mol. The second-order valence-electron chi connectivity index (χ2n) is 4.53. The lowest BCUT2D eigenvalue weighted by Crippen LogP contribution is -2.41. The van der Waals surface area contributed by atoms with Crippen LogP contribution in [0.3, 0.4) is 0 Å². The van der Waals surface area contributed by atoms with Crippen molar-refractivity contribution in [2.75, 3.05) is 13.1 Å². The molecule has 0 saturated carbocycles. The first-order chi connectivity index (χ1) is 10.1. The Bertz CT molecular complexity index is 494. The largest absolute Gasteiger partial charge is 0.573 e. The number of nitrogens with two attached hydrogens (primary N) is 1. The van der Waals surface area contributed by atoms with Gasteiger partial charge < -0.3 is 15.8 Å². The van der Waals surface area contributed by atoms with Gasteiger partial charge >= 0.3 is 6.36 Å². The number of carbonyl (C=O) groups excluding carboxylic acids is 1. The topological polar surface area (TPSA) is 64.3 Å². The minimum absolute atomic E-state index is 0. The maximum absolute atomic E-state index is 12.8. The van der Waals surface area contributed by atoms with Gasteiger partial charge in [0.1, 0.15) is 5.75 Å². The summed E-state index contributed by atoms with van der Waals surface area (Å²) >= 11 is 0. The van der Waals surface area contributed by atoms with Crippen molar-refractivity contribution in [1.29, 1.82) is 0 Å². The van der Waals surface area contributed by atoms with Gasteiger partial charge in [-0.05, 0) is 24.1 Å². The zero-order chi connectivity index (χ0) is 16.8. The fourth-order valence-corrected chi connectivity index (χ4v) is 1.50. The van der Waals surface area contributed by atoms with Gasteiger partial charge in [-0.25, -0.2) is 8.78 Å². The molecule has 0 aliphatic carbocycles. The molecule has 3 N–H and O–H groups in total. The Morgan fingerprint density at radius 1 is 1.13 bits per heavy atom. The van der Waals surface area contributed by atoms with Crippen molar-refractivity contribution >= 4 is 18.3 Å². The number of nitrogens with one attached hydrogen (secondary N) is 1. The molecule has 1 aromatic carbocycles. The summed E-state index contributed by atoms with van der Waals surface area (Å²) in [5.41, 5.74) is 5.40. The summed E-state index contributed by atoms with van der Waals surface area (Å²) in [5, 5.41) is 2.04. The van der Waals surface area contributed by atoms with E-state index in [-0.39, 0.29) is 31.0 Å². The maximum Gasteiger partial charge on any atom is 0.573 e. The molecule has 132 valence electrons. The second kappa shape index (κ2) is 8.88. The predicted molar refractivity (Wildman–Crippen MR) is 75.7 cm³/mol. The number of rotatable bonds is 7. The van der Waals surface area contributed by atoms with Gasteiger partial charge in [0.25, 0.3) is 5.92 Å². The average Bonchev–Trinajstić information content (AvgIpc) is 2.43. The van der Waals surface area contributed by atoms with Crippen molar-refractivity contribution in [3.05, 3.63) is 29.8 Å². The molecule has 0 saturated heterocycles. The van der Waals surface area contributed by atoms with E-state index in [0.29, 0.717) is 5.56 Å². The number of hydrogen-bond acceptors (Lipinski definition) is 3. The summed E-state index contributed by atoms with van der Waals surface area (Å²) in [6.45, 7) is -1.71. The highest BCUT2D eigenvalue weighted by Crippen LogP contribution is 2.23. The second-order valence-corrected chi connectivity index (χ2v) is 4.53. The summed E-state index contributed by atoms with van der Waals surface area (Å²) in [7, 11) is 0. The molecule has 1 aromatic rings. The van der Waals surface area contributed by atoms with Crippen LogP contribution in [-0.4, -0.2) is 31.3 Å². The van der Waals surface area contributed by atoms with Gasteiger partial charge in [0.15, 0.2) is 0 Å². The molecular weight excluding hydrogens is 347 g/mol. The number of ether oxygens (including phenoxy) is 1. The van der Waals surface area contributed by atoms with Gasteiger partial charge in [-0.1, -0.05) is 12.1 Å². The SMILES string of the molecule is Cl.NCC(F)(F)CNC(=O)CCc1ccc(OC(F)(F)F)cc1. The molecule has 0 unspecified atom stereocenters. The van der Waals surface area contributed by atoms with Crippen LogP contribution in [0.1, 0.15) is 12.0 Å². The van der Waals surface area contributed by atoms with Crippen LogP contribution in [0.4, 0.5) is 22.0 Å².